The highest BCUT2D eigenvalue weighted by Crippen LogP contribution is 2.09. The Hall–Kier alpha value is -0.350. The minimum Gasteiger partial charge on any atom is -1.00 e. The molecule has 0 saturated heterocycles. The van der Waals surface area contributed by atoms with Gasteiger partial charge in [-0.25, -0.2) is 4.79 Å². The maximum Gasteiger partial charge on any atom is 0.333 e. The molecular formula is C17H34BrNO2. The number of halogens is 1. The molecule has 0 atom stereocenters. The van der Waals surface area contributed by atoms with E-state index in [0.717, 1.165) is 17.6 Å². The molecule has 0 amide bonds. The van der Waals surface area contributed by atoms with Crippen molar-refractivity contribution < 1.29 is 31.0 Å². The molecule has 0 heterocycles. The average molecular weight is 364 g/mol. The van der Waals surface area contributed by atoms with Gasteiger partial charge in [-0.1, -0.05) is 45.6 Å². The van der Waals surface area contributed by atoms with Crippen LogP contribution in [0.4, 0.5) is 0 Å². The third-order valence-electron chi connectivity index (χ3n) is 3.65. The van der Waals surface area contributed by atoms with E-state index in [1.165, 1.54) is 44.9 Å². The molecule has 0 spiro atoms. The Morgan fingerprint density at radius 3 is 2.05 bits per heavy atom. The van der Waals surface area contributed by atoms with Crippen molar-refractivity contribution in [3.63, 3.8) is 0 Å². The molecule has 0 rings (SSSR count). The van der Waals surface area contributed by atoms with Crippen molar-refractivity contribution in [3.05, 3.63) is 12.2 Å². The van der Waals surface area contributed by atoms with Gasteiger partial charge in [0.2, 0.25) is 0 Å². The van der Waals surface area contributed by atoms with Crippen LogP contribution in [0.1, 0.15) is 58.8 Å². The van der Waals surface area contributed by atoms with Crippen LogP contribution in [0.25, 0.3) is 0 Å². The largest absolute Gasteiger partial charge is 1.00 e. The first-order valence-electron chi connectivity index (χ1n) is 8.03. The summed E-state index contributed by atoms with van der Waals surface area (Å²) in [6.07, 6.45) is 9.36. The van der Waals surface area contributed by atoms with E-state index in [2.05, 4.69) is 27.6 Å². The average Bonchev–Trinajstić information content (AvgIpc) is 2.37. The second-order valence-corrected chi connectivity index (χ2v) is 6.42. The third kappa shape index (κ3) is 14.4. The van der Waals surface area contributed by atoms with Gasteiger partial charge in [-0.05, 0) is 19.8 Å². The Kier molecular flexibility index (Phi) is 14.5. The van der Waals surface area contributed by atoms with Crippen molar-refractivity contribution in [2.24, 2.45) is 0 Å². The van der Waals surface area contributed by atoms with E-state index >= 15 is 0 Å². The first kappa shape index (κ1) is 22.9. The predicted octanol–water partition coefficient (Wildman–Crippen LogP) is 0.937. The number of ether oxygens (including phenoxy) is 1. The summed E-state index contributed by atoms with van der Waals surface area (Å²) in [6, 6.07) is 0. The van der Waals surface area contributed by atoms with E-state index in [1.54, 1.807) is 6.92 Å². The van der Waals surface area contributed by atoms with E-state index in [-0.39, 0.29) is 23.0 Å². The molecule has 21 heavy (non-hydrogen) atoms. The van der Waals surface area contributed by atoms with Crippen LogP contribution >= 0.6 is 0 Å². The number of likely N-dealkylation sites (N-methyl/N-ethyl adjacent to an activating group) is 1. The molecule has 4 heteroatoms. The SMILES string of the molecule is C=C(C)C(=O)OCC[N+](C)(C)CCCCCCCCC.[Br-]. The minimum absolute atomic E-state index is 0. The van der Waals surface area contributed by atoms with Gasteiger partial charge in [-0.3, -0.25) is 0 Å². The van der Waals surface area contributed by atoms with Gasteiger partial charge < -0.3 is 26.2 Å². The van der Waals surface area contributed by atoms with Gasteiger partial charge in [0.1, 0.15) is 13.2 Å². The lowest BCUT2D eigenvalue weighted by Crippen LogP contribution is -3.00. The summed E-state index contributed by atoms with van der Waals surface area (Å²) in [6.45, 7) is 10.0. The van der Waals surface area contributed by atoms with Crippen LogP contribution in [0.2, 0.25) is 0 Å². The van der Waals surface area contributed by atoms with Crippen LogP contribution in [0.15, 0.2) is 12.2 Å². The zero-order chi connectivity index (χ0) is 15.4. The summed E-state index contributed by atoms with van der Waals surface area (Å²) in [4.78, 5) is 11.3. The molecule has 0 aliphatic heterocycles. The van der Waals surface area contributed by atoms with Crippen LogP contribution in [0.5, 0.6) is 0 Å². The molecule has 0 aliphatic carbocycles. The summed E-state index contributed by atoms with van der Waals surface area (Å²) in [5.41, 5.74) is 0.474. The first-order valence-corrected chi connectivity index (χ1v) is 8.03. The normalized spacial score (nSPS) is 10.9. The molecule has 126 valence electrons. The highest BCUT2D eigenvalue weighted by atomic mass is 79.9. The van der Waals surface area contributed by atoms with Crippen LogP contribution in [0, 0.1) is 0 Å². The van der Waals surface area contributed by atoms with Crippen molar-refractivity contribution in [1.82, 2.24) is 0 Å². The molecule has 0 unspecified atom stereocenters. The molecule has 0 aromatic carbocycles. The Bertz CT molecular complexity index is 291. The number of esters is 1. The van der Waals surface area contributed by atoms with Crippen LogP contribution in [0.3, 0.4) is 0 Å². The van der Waals surface area contributed by atoms with Crippen molar-refractivity contribution >= 4 is 5.97 Å². The van der Waals surface area contributed by atoms with Crippen LogP contribution < -0.4 is 17.0 Å². The number of carbonyl (C=O) groups is 1. The minimum atomic E-state index is -0.277. The van der Waals surface area contributed by atoms with Gasteiger partial charge in [0.25, 0.3) is 0 Å². The van der Waals surface area contributed by atoms with Gasteiger partial charge in [0, 0.05) is 5.57 Å². The summed E-state index contributed by atoms with van der Waals surface area (Å²) in [5.74, 6) is -0.277. The number of hydrogen-bond donors (Lipinski definition) is 0. The van der Waals surface area contributed by atoms with Crippen molar-refractivity contribution in [1.29, 1.82) is 0 Å². The summed E-state index contributed by atoms with van der Waals surface area (Å²) >= 11 is 0. The van der Waals surface area contributed by atoms with Gasteiger partial charge in [-0.2, -0.15) is 0 Å². The number of quaternary nitrogens is 1. The first-order chi connectivity index (χ1) is 9.39. The topological polar surface area (TPSA) is 26.3 Å². The maximum atomic E-state index is 11.3. The van der Waals surface area contributed by atoms with Crippen molar-refractivity contribution in [2.45, 2.75) is 58.8 Å². The Balaban J connectivity index is 0. The molecule has 0 N–H and O–H groups in total. The van der Waals surface area contributed by atoms with Gasteiger partial charge in [0.15, 0.2) is 0 Å². The van der Waals surface area contributed by atoms with Crippen LogP contribution in [-0.2, 0) is 9.53 Å². The summed E-state index contributed by atoms with van der Waals surface area (Å²) < 4.78 is 6.07. The molecule has 0 fully saturated rings. The van der Waals surface area contributed by atoms with E-state index in [4.69, 9.17) is 4.74 Å². The quantitative estimate of drug-likeness (QED) is 0.223. The van der Waals surface area contributed by atoms with E-state index in [0.29, 0.717) is 12.2 Å². The molecule has 0 radical (unpaired) electrons. The van der Waals surface area contributed by atoms with E-state index < -0.39 is 0 Å². The fraction of sp³-hybridized carbons (Fsp3) is 0.824. The molecule has 0 bridgehead atoms. The molecule has 0 aliphatic rings. The zero-order valence-corrected chi connectivity index (χ0v) is 16.0. The predicted molar refractivity (Wildman–Crippen MR) is 85.6 cm³/mol. The highest BCUT2D eigenvalue weighted by molar-refractivity contribution is 5.86. The molecule has 0 aromatic heterocycles. The fourth-order valence-electron chi connectivity index (χ4n) is 2.12. The number of carbonyl (C=O) groups excluding carboxylic acids is 1. The highest BCUT2D eigenvalue weighted by Gasteiger charge is 2.15. The number of rotatable bonds is 12. The van der Waals surface area contributed by atoms with E-state index in [9.17, 15) is 4.79 Å². The molecular weight excluding hydrogens is 330 g/mol. The maximum absolute atomic E-state index is 11.3. The second kappa shape index (κ2) is 13.3. The lowest BCUT2D eigenvalue weighted by atomic mass is 10.1. The van der Waals surface area contributed by atoms with E-state index in [1.807, 2.05) is 0 Å². The van der Waals surface area contributed by atoms with Gasteiger partial charge in [-0.15, -0.1) is 0 Å². The number of unbranched alkanes of at least 4 members (excludes halogenated alkanes) is 6. The Labute approximate surface area is 142 Å². The molecule has 3 nitrogen and oxygen atoms in total. The summed E-state index contributed by atoms with van der Waals surface area (Å²) in [7, 11) is 4.40. The third-order valence-corrected chi connectivity index (χ3v) is 3.65. The number of nitrogens with zero attached hydrogens (tertiary/aromatic N) is 1. The molecule has 0 aromatic rings. The smallest absolute Gasteiger partial charge is 0.333 e. The zero-order valence-electron chi connectivity index (χ0n) is 14.4. The summed E-state index contributed by atoms with van der Waals surface area (Å²) in [5, 5.41) is 0. The van der Waals surface area contributed by atoms with Crippen molar-refractivity contribution in [2.75, 3.05) is 33.8 Å². The molecule has 0 saturated carbocycles. The standard InChI is InChI=1S/C17H34NO2.BrH/c1-6-7-8-9-10-11-12-13-18(4,5)14-15-20-17(19)16(2)3;/h2,6-15H2,1,3-5H3;1H/q+1;/p-1. The van der Waals surface area contributed by atoms with Gasteiger partial charge >= 0.3 is 5.97 Å². The van der Waals surface area contributed by atoms with Crippen LogP contribution in [-0.4, -0.2) is 44.2 Å². The lowest BCUT2D eigenvalue weighted by molar-refractivity contribution is -0.890. The lowest BCUT2D eigenvalue weighted by Gasteiger charge is -2.29. The van der Waals surface area contributed by atoms with Gasteiger partial charge in [0.05, 0.1) is 20.6 Å². The monoisotopic (exact) mass is 363 g/mol. The Morgan fingerprint density at radius 1 is 1.00 bits per heavy atom. The fourth-order valence-corrected chi connectivity index (χ4v) is 2.12. The van der Waals surface area contributed by atoms with Crippen molar-refractivity contribution in [3.8, 4) is 0 Å². The second-order valence-electron chi connectivity index (χ2n) is 6.42. The Morgan fingerprint density at radius 2 is 1.52 bits per heavy atom. The number of hydrogen-bond acceptors (Lipinski definition) is 2.